The van der Waals surface area contributed by atoms with Crippen LogP contribution in [0.3, 0.4) is 0 Å². The maximum absolute atomic E-state index is 2.67. The molecule has 2 aliphatic rings. The van der Waals surface area contributed by atoms with E-state index in [0.29, 0.717) is 6.04 Å². The number of rotatable bonds is 1. The molecule has 0 amide bonds. The number of hydrogen-bond acceptors (Lipinski definition) is 0. The third-order valence-electron chi connectivity index (χ3n) is 6.20. The molecule has 1 heterocycles. The van der Waals surface area contributed by atoms with Crippen molar-refractivity contribution >= 4 is 21.8 Å². The van der Waals surface area contributed by atoms with Crippen molar-refractivity contribution in [3.8, 4) is 0 Å². The third kappa shape index (κ3) is 1.78. The molecule has 22 heavy (non-hydrogen) atoms. The van der Waals surface area contributed by atoms with E-state index in [0.717, 1.165) is 11.8 Å². The van der Waals surface area contributed by atoms with Crippen LogP contribution in [0, 0.1) is 11.8 Å². The molecule has 2 atom stereocenters. The quantitative estimate of drug-likeness (QED) is 0.523. The van der Waals surface area contributed by atoms with E-state index in [1.54, 1.807) is 0 Å². The van der Waals surface area contributed by atoms with E-state index in [9.17, 15) is 0 Å². The Kier molecular flexibility index (Phi) is 2.82. The van der Waals surface area contributed by atoms with Gasteiger partial charge in [0.05, 0.1) is 0 Å². The Hall–Kier alpha value is -1.76. The van der Waals surface area contributed by atoms with Crippen LogP contribution in [-0.2, 0) is 0 Å². The predicted octanol–water partition coefficient (Wildman–Crippen LogP) is 5.94. The Balaban J connectivity index is 1.69. The molecular formula is C21H23N. The summed E-state index contributed by atoms with van der Waals surface area (Å²) in [5, 5.41) is 2.85. The molecule has 0 N–H and O–H groups in total. The highest BCUT2D eigenvalue weighted by Crippen LogP contribution is 2.49. The van der Waals surface area contributed by atoms with Crippen LogP contribution in [0.1, 0.15) is 44.6 Å². The topological polar surface area (TPSA) is 4.93 Å². The van der Waals surface area contributed by atoms with E-state index in [2.05, 4.69) is 53.1 Å². The highest BCUT2D eigenvalue weighted by Gasteiger charge is 2.37. The number of benzene rings is 2. The van der Waals surface area contributed by atoms with Gasteiger partial charge in [-0.2, -0.15) is 0 Å². The van der Waals surface area contributed by atoms with Gasteiger partial charge in [-0.1, -0.05) is 62.1 Å². The summed E-state index contributed by atoms with van der Waals surface area (Å²) >= 11 is 0. The molecule has 5 rings (SSSR count). The molecule has 1 aromatic heterocycles. The lowest BCUT2D eigenvalue weighted by atomic mass is 9.82. The van der Waals surface area contributed by atoms with Crippen LogP contribution < -0.4 is 0 Å². The molecule has 0 bridgehead atoms. The van der Waals surface area contributed by atoms with E-state index in [1.165, 1.54) is 60.3 Å². The smallest absolute Gasteiger partial charge is 0.0493 e. The van der Waals surface area contributed by atoms with Crippen molar-refractivity contribution in [3.05, 3.63) is 48.5 Å². The molecule has 2 aromatic carbocycles. The fraction of sp³-hybridized carbons (Fsp3) is 0.429. The second-order valence-corrected chi connectivity index (χ2v) is 7.33. The van der Waals surface area contributed by atoms with Crippen LogP contribution in [0.5, 0.6) is 0 Å². The van der Waals surface area contributed by atoms with Gasteiger partial charge in [-0.3, -0.25) is 0 Å². The molecule has 0 aliphatic heterocycles. The summed E-state index contributed by atoms with van der Waals surface area (Å²) in [6, 6.07) is 18.7. The molecule has 2 saturated carbocycles. The summed E-state index contributed by atoms with van der Waals surface area (Å²) in [5.41, 5.74) is 2.87. The van der Waals surface area contributed by atoms with E-state index in [-0.39, 0.29) is 0 Å². The standard InChI is InChI=1S/C21H23N/c1-2-8-16-14-17(13-15(16)7-1)22-20-11-5-3-9-18(20)19-10-4-6-12-21(19)22/h3-6,9-12,15-17H,1-2,7-8,13-14H2. The molecular weight excluding hydrogens is 266 g/mol. The van der Waals surface area contributed by atoms with Gasteiger partial charge in [0, 0.05) is 27.8 Å². The van der Waals surface area contributed by atoms with Crippen molar-refractivity contribution < 1.29 is 0 Å². The lowest BCUT2D eigenvalue weighted by Gasteiger charge is -2.23. The zero-order valence-corrected chi connectivity index (χ0v) is 13.0. The Labute approximate surface area is 131 Å². The summed E-state index contributed by atoms with van der Waals surface area (Å²) in [5.74, 6) is 1.97. The maximum atomic E-state index is 2.67. The zero-order chi connectivity index (χ0) is 14.5. The molecule has 0 spiro atoms. The monoisotopic (exact) mass is 289 g/mol. The van der Waals surface area contributed by atoms with E-state index >= 15 is 0 Å². The minimum absolute atomic E-state index is 0.706. The van der Waals surface area contributed by atoms with Gasteiger partial charge < -0.3 is 4.57 Å². The van der Waals surface area contributed by atoms with Crippen molar-refractivity contribution in [1.82, 2.24) is 4.57 Å². The molecule has 3 aromatic rings. The molecule has 2 aliphatic carbocycles. The summed E-state index contributed by atoms with van der Waals surface area (Å²) in [6.45, 7) is 0. The van der Waals surface area contributed by atoms with Gasteiger partial charge in [-0.25, -0.2) is 0 Å². The largest absolute Gasteiger partial charge is 0.337 e. The predicted molar refractivity (Wildman–Crippen MR) is 93.2 cm³/mol. The SMILES string of the molecule is c1ccc2c(c1)c1ccccc1n2C1CC2CCCCC2C1. The number of hydrogen-bond donors (Lipinski definition) is 0. The molecule has 0 saturated heterocycles. The van der Waals surface area contributed by atoms with Gasteiger partial charge in [-0.05, 0) is 36.8 Å². The van der Waals surface area contributed by atoms with Crippen LogP contribution in [0.4, 0.5) is 0 Å². The van der Waals surface area contributed by atoms with Crippen molar-refractivity contribution in [1.29, 1.82) is 0 Å². The highest BCUT2D eigenvalue weighted by atomic mass is 15.0. The van der Waals surface area contributed by atoms with Gasteiger partial charge in [0.25, 0.3) is 0 Å². The van der Waals surface area contributed by atoms with Crippen molar-refractivity contribution in [2.45, 2.75) is 44.6 Å². The minimum atomic E-state index is 0.706. The number of nitrogens with zero attached hydrogens (tertiary/aromatic N) is 1. The first kappa shape index (κ1) is 12.8. The lowest BCUT2D eigenvalue weighted by molar-refractivity contribution is 0.277. The molecule has 2 fully saturated rings. The lowest BCUT2D eigenvalue weighted by Crippen LogP contribution is -2.12. The normalized spacial score (nSPS) is 28.3. The fourth-order valence-corrected chi connectivity index (χ4v) is 5.26. The molecule has 112 valence electrons. The summed E-state index contributed by atoms with van der Waals surface area (Å²) < 4.78 is 2.67. The summed E-state index contributed by atoms with van der Waals surface area (Å²) in [6.07, 6.45) is 8.65. The van der Waals surface area contributed by atoms with Gasteiger partial charge in [0.1, 0.15) is 0 Å². The maximum Gasteiger partial charge on any atom is 0.0493 e. The Morgan fingerprint density at radius 2 is 1.18 bits per heavy atom. The van der Waals surface area contributed by atoms with Crippen LogP contribution in [0.25, 0.3) is 21.8 Å². The van der Waals surface area contributed by atoms with Crippen LogP contribution in [0.2, 0.25) is 0 Å². The van der Waals surface area contributed by atoms with Crippen LogP contribution >= 0.6 is 0 Å². The van der Waals surface area contributed by atoms with Crippen molar-refractivity contribution in [2.24, 2.45) is 11.8 Å². The van der Waals surface area contributed by atoms with Crippen LogP contribution in [0.15, 0.2) is 48.5 Å². The first-order valence-electron chi connectivity index (χ1n) is 8.89. The van der Waals surface area contributed by atoms with Gasteiger partial charge in [-0.15, -0.1) is 0 Å². The summed E-state index contributed by atoms with van der Waals surface area (Å²) in [4.78, 5) is 0. The average molecular weight is 289 g/mol. The number of fused-ring (bicyclic) bond motifs is 4. The number of para-hydroxylation sites is 2. The van der Waals surface area contributed by atoms with Gasteiger partial charge in [0.2, 0.25) is 0 Å². The first-order chi connectivity index (χ1) is 10.9. The van der Waals surface area contributed by atoms with Gasteiger partial charge >= 0.3 is 0 Å². The Bertz CT molecular complexity index is 761. The van der Waals surface area contributed by atoms with E-state index < -0.39 is 0 Å². The molecule has 1 nitrogen and oxygen atoms in total. The van der Waals surface area contributed by atoms with Crippen LogP contribution in [-0.4, -0.2) is 4.57 Å². The fourth-order valence-electron chi connectivity index (χ4n) is 5.26. The molecule has 0 radical (unpaired) electrons. The van der Waals surface area contributed by atoms with Crippen molar-refractivity contribution in [3.63, 3.8) is 0 Å². The Morgan fingerprint density at radius 3 is 1.73 bits per heavy atom. The summed E-state index contributed by atoms with van der Waals surface area (Å²) in [7, 11) is 0. The van der Waals surface area contributed by atoms with Crippen molar-refractivity contribution in [2.75, 3.05) is 0 Å². The second kappa shape index (κ2) is 4.87. The van der Waals surface area contributed by atoms with E-state index in [1.807, 2.05) is 0 Å². The second-order valence-electron chi connectivity index (χ2n) is 7.33. The number of aromatic nitrogens is 1. The molecule has 2 unspecified atom stereocenters. The Morgan fingerprint density at radius 1 is 0.682 bits per heavy atom. The highest BCUT2D eigenvalue weighted by molar-refractivity contribution is 6.08. The van der Waals surface area contributed by atoms with E-state index in [4.69, 9.17) is 0 Å². The first-order valence-corrected chi connectivity index (χ1v) is 8.89. The molecule has 1 heteroatoms. The van der Waals surface area contributed by atoms with Gasteiger partial charge in [0.15, 0.2) is 0 Å². The third-order valence-corrected chi connectivity index (χ3v) is 6.20. The average Bonchev–Trinajstić information content (AvgIpc) is 3.13. The zero-order valence-electron chi connectivity index (χ0n) is 13.0. The minimum Gasteiger partial charge on any atom is -0.337 e.